The molecule has 4 heteroatoms. The molecule has 3 nitrogen and oxygen atoms in total. The van der Waals surface area contributed by atoms with E-state index in [4.69, 9.17) is 21.1 Å². The highest BCUT2D eigenvalue weighted by Gasteiger charge is 2.20. The Bertz CT molecular complexity index is 353. The lowest BCUT2D eigenvalue weighted by Gasteiger charge is -2.11. The Morgan fingerprint density at radius 3 is 2.94 bits per heavy atom. The molecule has 0 saturated heterocycles. The molecule has 0 amide bonds. The van der Waals surface area contributed by atoms with Gasteiger partial charge in [-0.25, -0.2) is 0 Å². The number of halogens is 1. The minimum atomic E-state index is 0.262. The van der Waals surface area contributed by atoms with Gasteiger partial charge in [-0.2, -0.15) is 0 Å². The second kappa shape index (κ2) is 5.53. The van der Waals surface area contributed by atoms with E-state index < -0.39 is 0 Å². The third-order valence-electron chi connectivity index (χ3n) is 2.51. The third-order valence-corrected chi connectivity index (χ3v) is 2.75. The molecule has 0 atom stereocenters. The molecule has 0 heterocycles. The van der Waals surface area contributed by atoms with Crippen LogP contribution in [0.4, 0.5) is 0 Å². The molecule has 88 valence electrons. The van der Waals surface area contributed by atoms with Crippen LogP contribution in [0.5, 0.6) is 5.75 Å². The Hall–Kier alpha value is -0.770. The Kier molecular flexibility index (Phi) is 4.04. The normalized spacial score (nSPS) is 15.1. The Labute approximate surface area is 101 Å². The third kappa shape index (κ3) is 3.37. The summed E-state index contributed by atoms with van der Waals surface area (Å²) in [5, 5.41) is 4.17. The van der Waals surface area contributed by atoms with Crippen molar-refractivity contribution in [2.24, 2.45) is 0 Å². The Balaban J connectivity index is 2.01. The first kappa shape index (κ1) is 11.7. The van der Waals surface area contributed by atoms with Crippen LogP contribution in [0.1, 0.15) is 18.4 Å². The van der Waals surface area contributed by atoms with E-state index in [1.54, 1.807) is 7.11 Å². The number of ether oxygens (including phenoxy) is 2. The first-order valence-corrected chi connectivity index (χ1v) is 5.81. The van der Waals surface area contributed by atoms with Crippen LogP contribution in [0.25, 0.3) is 0 Å². The molecule has 0 unspecified atom stereocenters. The predicted molar refractivity (Wildman–Crippen MR) is 63.8 cm³/mol. The van der Waals surface area contributed by atoms with Crippen LogP contribution in [-0.4, -0.2) is 19.9 Å². The minimum absolute atomic E-state index is 0.262. The van der Waals surface area contributed by atoms with Crippen LogP contribution in [0, 0.1) is 0 Å². The second-order valence-corrected chi connectivity index (χ2v) is 4.39. The van der Waals surface area contributed by atoms with E-state index in [1.165, 1.54) is 12.8 Å². The zero-order valence-electron chi connectivity index (χ0n) is 9.33. The summed E-state index contributed by atoms with van der Waals surface area (Å²) in [4.78, 5) is 0. The van der Waals surface area contributed by atoms with Crippen molar-refractivity contribution in [3.8, 4) is 5.75 Å². The molecule has 1 aromatic carbocycles. The van der Waals surface area contributed by atoms with Crippen LogP contribution in [0.15, 0.2) is 18.2 Å². The van der Waals surface area contributed by atoms with Gasteiger partial charge in [0, 0.05) is 30.3 Å². The minimum Gasteiger partial charge on any atom is -0.467 e. The highest BCUT2D eigenvalue weighted by molar-refractivity contribution is 6.30. The topological polar surface area (TPSA) is 30.5 Å². The van der Waals surface area contributed by atoms with Crippen molar-refractivity contribution in [2.45, 2.75) is 25.4 Å². The van der Waals surface area contributed by atoms with Crippen molar-refractivity contribution >= 4 is 11.6 Å². The smallest absolute Gasteiger partial charge is 0.188 e. The molecule has 0 aromatic heterocycles. The SMILES string of the molecule is COCOc1ccc(Cl)cc1CNC1CC1. The molecular weight excluding hydrogens is 226 g/mol. The molecule has 1 aliphatic carbocycles. The van der Waals surface area contributed by atoms with Gasteiger partial charge >= 0.3 is 0 Å². The second-order valence-electron chi connectivity index (χ2n) is 3.96. The molecule has 0 radical (unpaired) electrons. The van der Waals surface area contributed by atoms with Crippen molar-refractivity contribution < 1.29 is 9.47 Å². The van der Waals surface area contributed by atoms with Crippen LogP contribution in [-0.2, 0) is 11.3 Å². The summed E-state index contributed by atoms with van der Waals surface area (Å²) >= 11 is 5.97. The van der Waals surface area contributed by atoms with Gasteiger partial charge in [0.05, 0.1) is 0 Å². The first-order valence-electron chi connectivity index (χ1n) is 5.43. The monoisotopic (exact) mass is 241 g/mol. The molecule has 1 aliphatic rings. The van der Waals surface area contributed by atoms with E-state index in [1.807, 2.05) is 18.2 Å². The molecule has 16 heavy (non-hydrogen) atoms. The van der Waals surface area contributed by atoms with Crippen molar-refractivity contribution in [1.82, 2.24) is 5.32 Å². The van der Waals surface area contributed by atoms with E-state index in [-0.39, 0.29) is 6.79 Å². The van der Waals surface area contributed by atoms with Gasteiger partial charge in [0.2, 0.25) is 0 Å². The number of rotatable bonds is 6. The van der Waals surface area contributed by atoms with Crippen LogP contribution in [0.2, 0.25) is 5.02 Å². The van der Waals surface area contributed by atoms with E-state index in [9.17, 15) is 0 Å². The zero-order valence-corrected chi connectivity index (χ0v) is 10.1. The van der Waals surface area contributed by atoms with E-state index in [2.05, 4.69) is 5.32 Å². The summed E-state index contributed by atoms with van der Waals surface area (Å²) in [6.07, 6.45) is 2.55. The van der Waals surface area contributed by atoms with E-state index in [0.29, 0.717) is 6.04 Å². The predicted octanol–water partition coefficient (Wildman–Crippen LogP) is 2.57. The van der Waals surface area contributed by atoms with Crippen molar-refractivity contribution in [3.63, 3.8) is 0 Å². The summed E-state index contributed by atoms with van der Waals surface area (Å²) in [6.45, 7) is 1.06. The summed E-state index contributed by atoms with van der Waals surface area (Å²) in [6, 6.07) is 6.31. The lowest BCUT2D eigenvalue weighted by atomic mass is 10.2. The van der Waals surface area contributed by atoms with Gasteiger partial charge in [-0.05, 0) is 31.0 Å². The van der Waals surface area contributed by atoms with Gasteiger partial charge in [0.15, 0.2) is 6.79 Å². The Morgan fingerprint density at radius 2 is 2.25 bits per heavy atom. The van der Waals surface area contributed by atoms with Gasteiger partial charge in [-0.1, -0.05) is 11.6 Å². The number of nitrogens with one attached hydrogen (secondary N) is 1. The van der Waals surface area contributed by atoms with Crippen LogP contribution >= 0.6 is 11.6 Å². The average molecular weight is 242 g/mol. The lowest BCUT2D eigenvalue weighted by molar-refractivity contribution is 0.0503. The molecule has 0 aliphatic heterocycles. The number of benzene rings is 1. The average Bonchev–Trinajstić information content (AvgIpc) is 3.09. The van der Waals surface area contributed by atoms with Gasteiger partial charge in [0.25, 0.3) is 0 Å². The highest BCUT2D eigenvalue weighted by Crippen LogP contribution is 2.25. The number of hydrogen-bond donors (Lipinski definition) is 1. The number of hydrogen-bond acceptors (Lipinski definition) is 3. The number of methoxy groups -OCH3 is 1. The zero-order chi connectivity index (χ0) is 11.4. The first-order chi connectivity index (χ1) is 7.79. The molecule has 1 fully saturated rings. The molecule has 1 saturated carbocycles. The van der Waals surface area contributed by atoms with Crippen LogP contribution in [0.3, 0.4) is 0 Å². The molecule has 1 aromatic rings. The van der Waals surface area contributed by atoms with Gasteiger partial charge < -0.3 is 14.8 Å². The fourth-order valence-electron chi connectivity index (χ4n) is 1.49. The van der Waals surface area contributed by atoms with Crippen molar-refractivity contribution in [1.29, 1.82) is 0 Å². The molecule has 2 rings (SSSR count). The largest absolute Gasteiger partial charge is 0.467 e. The van der Waals surface area contributed by atoms with Crippen molar-refractivity contribution in [2.75, 3.05) is 13.9 Å². The maximum Gasteiger partial charge on any atom is 0.188 e. The molecular formula is C12H16ClNO2. The maximum absolute atomic E-state index is 5.97. The fourth-order valence-corrected chi connectivity index (χ4v) is 1.69. The maximum atomic E-state index is 5.97. The molecule has 1 N–H and O–H groups in total. The van der Waals surface area contributed by atoms with E-state index >= 15 is 0 Å². The van der Waals surface area contributed by atoms with Crippen LogP contribution < -0.4 is 10.1 Å². The van der Waals surface area contributed by atoms with Gasteiger partial charge in [-0.15, -0.1) is 0 Å². The quantitative estimate of drug-likeness (QED) is 0.777. The summed E-state index contributed by atoms with van der Waals surface area (Å²) in [5.41, 5.74) is 1.08. The summed E-state index contributed by atoms with van der Waals surface area (Å²) < 4.78 is 10.4. The standard InChI is InChI=1S/C12H16ClNO2/c1-15-8-16-12-5-2-10(13)6-9(12)7-14-11-3-4-11/h2,5-6,11,14H,3-4,7-8H2,1H3. The lowest BCUT2D eigenvalue weighted by Crippen LogP contribution is -2.16. The van der Waals surface area contributed by atoms with Gasteiger partial charge in [0.1, 0.15) is 5.75 Å². The Morgan fingerprint density at radius 1 is 1.44 bits per heavy atom. The van der Waals surface area contributed by atoms with Gasteiger partial charge in [-0.3, -0.25) is 0 Å². The fraction of sp³-hybridized carbons (Fsp3) is 0.500. The summed E-state index contributed by atoms with van der Waals surface area (Å²) in [7, 11) is 1.61. The molecule has 0 bridgehead atoms. The highest BCUT2D eigenvalue weighted by atomic mass is 35.5. The van der Waals surface area contributed by atoms with E-state index in [0.717, 1.165) is 22.9 Å². The molecule has 0 spiro atoms. The van der Waals surface area contributed by atoms with Crippen molar-refractivity contribution in [3.05, 3.63) is 28.8 Å². The summed E-state index contributed by atoms with van der Waals surface area (Å²) in [5.74, 6) is 0.833.